The Morgan fingerprint density at radius 1 is 1.19 bits per heavy atom. The standard InChI is InChI=1S/C28H46N2O6/c1-8-15-30(26(6,7)18-25(3,4)5)23(33)21-28-14-13-27(9-2,36-28)20(24(34)35)19(28)22(32)29(21)16-11-10-12-17-31/h8,19-21,31H,1,9-18H2,2-7H3,(H,34,35)/t19-,20-,21?,27+,28?/m0/s1. The number of aliphatic carboxylic acids is 1. The molecule has 3 aliphatic heterocycles. The van der Waals surface area contributed by atoms with Crippen molar-refractivity contribution in [2.75, 3.05) is 19.7 Å². The van der Waals surface area contributed by atoms with E-state index in [-0.39, 0.29) is 23.8 Å². The summed E-state index contributed by atoms with van der Waals surface area (Å²) in [5.41, 5.74) is -2.61. The lowest BCUT2D eigenvalue weighted by molar-refractivity contribution is -0.160. The number of carbonyl (C=O) groups excluding carboxylic acids is 2. The minimum atomic E-state index is -1.14. The maximum atomic E-state index is 14.5. The van der Waals surface area contributed by atoms with Gasteiger partial charge in [-0.2, -0.15) is 0 Å². The van der Waals surface area contributed by atoms with E-state index in [0.29, 0.717) is 51.6 Å². The van der Waals surface area contributed by atoms with Crippen LogP contribution in [-0.4, -0.2) is 80.3 Å². The van der Waals surface area contributed by atoms with Crippen LogP contribution in [-0.2, 0) is 19.1 Å². The Labute approximate surface area is 216 Å². The highest BCUT2D eigenvalue weighted by Gasteiger charge is 2.79. The van der Waals surface area contributed by atoms with E-state index in [4.69, 9.17) is 4.74 Å². The molecule has 0 aliphatic carbocycles. The molecule has 36 heavy (non-hydrogen) atoms. The molecule has 3 rings (SSSR count). The van der Waals surface area contributed by atoms with E-state index >= 15 is 0 Å². The number of carboxylic acids is 1. The number of unbranched alkanes of at least 4 members (excludes halogenated alkanes) is 2. The van der Waals surface area contributed by atoms with Gasteiger partial charge in [-0.25, -0.2) is 0 Å². The Hall–Kier alpha value is -1.93. The fourth-order valence-electron chi connectivity index (χ4n) is 7.49. The lowest BCUT2D eigenvalue weighted by atomic mass is 9.65. The Bertz CT molecular complexity index is 880. The van der Waals surface area contributed by atoms with Crippen LogP contribution in [0.25, 0.3) is 0 Å². The van der Waals surface area contributed by atoms with Crippen LogP contribution in [0.1, 0.15) is 86.5 Å². The molecular formula is C28H46N2O6. The zero-order valence-corrected chi connectivity index (χ0v) is 23.0. The molecule has 0 radical (unpaired) electrons. The number of amides is 2. The van der Waals surface area contributed by atoms with Gasteiger partial charge in [0.2, 0.25) is 11.8 Å². The summed E-state index contributed by atoms with van der Waals surface area (Å²) in [6.45, 7) is 17.0. The molecule has 2 bridgehead atoms. The number of aliphatic hydroxyl groups excluding tert-OH is 1. The largest absolute Gasteiger partial charge is 0.481 e. The van der Waals surface area contributed by atoms with E-state index in [0.717, 1.165) is 6.42 Å². The Balaban J connectivity index is 2.08. The predicted molar refractivity (Wildman–Crippen MR) is 137 cm³/mol. The summed E-state index contributed by atoms with van der Waals surface area (Å²) in [4.78, 5) is 44.4. The first-order valence-electron chi connectivity index (χ1n) is 13.5. The molecule has 204 valence electrons. The van der Waals surface area contributed by atoms with E-state index < -0.39 is 40.6 Å². The summed E-state index contributed by atoms with van der Waals surface area (Å²) < 4.78 is 6.64. The van der Waals surface area contributed by atoms with Gasteiger partial charge in [-0.1, -0.05) is 33.8 Å². The number of fused-ring (bicyclic) bond motifs is 1. The van der Waals surface area contributed by atoms with Crippen LogP contribution in [0.2, 0.25) is 0 Å². The minimum Gasteiger partial charge on any atom is -0.481 e. The first-order chi connectivity index (χ1) is 16.7. The van der Waals surface area contributed by atoms with Crippen molar-refractivity contribution in [1.29, 1.82) is 0 Å². The highest BCUT2D eigenvalue weighted by Crippen LogP contribution is 2.64. The molecule has 3 aliphatic rings. The number of carboxylic acid groups (broad SMARTS) is 1. The van der Waals surface area contributed by atoms with Gasteiger partial charge in [0.05, 0.1) is 11.5 Å². The van der Waals surface area contributed by atoms with Gasteiger partial charge in [-0.05, 0) is 64.2 Å². The van der Waals surface area contributed by atoms with Crippen LogP contribution in [0.4, 0.5) is 0 Å². The Kier molecular flexibility index (Phi) is 8.02. The van der Waals surface area contributed by atoms with Gasteiger partial charge >= 0.3 is 5.97 Å². The van der Waals surface area contributed by atoms with Gasteiger partial charge in [0.1, 0.15) is 17.6 Å². The quantitative estimate of drug-likeness (QED) is 0.309. The normalized spacial score (nSPS) is 31.6. The van der Waals surface area contributed by atoms with Crippen LogP contribution in [0.3, 0.4) is 0 Å². The number of likely N-dealkylation sites (tertiary alicyclic amines) is 1. The van der Waals surface area contributed by atoms with Crippen LogP contribution >= 0.6 is 0 Å². The molecule has 0 aromatic rings. The van der Waals surface area contributed by atoms with Gasteiger partial charge in [-0.15, -0.1) is 6.58 Å². The smallest absolute Gasteiger partial charge is 0.310 e. The monoisotopic (exact) mass is 506 g/mol. The first-order valence-corrected chi connectivity index (χ1v) is 13.5. The zero-order chi connectivity index (χ0) is 27.1. The second-order valence-electron chi connectivity index (χ2n) is 12.8. The number of nitrogens with zero attached hydrogens (tertiary/aromatic N) is 2. The molecule has 3 fully saturated rings. The maximum Gasteiger partial charge on any atom is 0.310 e. The highest BCUT2D eigenvalue weighted by atomic mass is 16.5. The van der Waals surface area contributed by atoms with E-state index in [1.165, 1.54) is 0 Å². The third kappa shape index (κ3) is 4.71. The van der Waals surface area contributed by atoms with Crippen molar-refractivity contribution >= 4 is 17.8 Å². The lowest BCUT2D eigenvalue weighted by Gasteiger charge is -2.45. The number of rotatable bonds is 12. The molecule has 5 atom stereocenters. The average Bonchev–Trinajstić information content (AvgIpc) is 3.36. The number of ether oxygens (including phenoxy) is 1. The van der Waals surface area contributed by atoms with Gasteiger partial charge in [0.25, 0.3) is 0 Å². The molecule has 8 nitrogen and oxygen atoms in total. The van der Waals surface area contributed by atoms with Crippen molar-refractivity contribution in [3.63, 3.8) is 0 Å². The topological polar surface area (TPSA) is 107 Å². The first kappa shape index (κ1) is 28.6. The molecule has 3 saturated heterocycles. The van der Waals surface area contributed by atoms with Crippen LogP contribution in [0.5, 0.6) is 0 Å². The summed E-state index contributed by atoms with van der Waals surface area (Å²) >= 11 is 0. The fraction of sp³-hybridized carbons (Fsp3) is 0.821. The highest BCUT2D eigenvalue weighted by molar-refractivity contribution is 5.98. The molecule has 1 spiro atoms. The molecule has 2 amide bonds. The van der Waals surface area contributed by atoms with E-state index in [9.17, 15) is 24.6 Å². The third-order valence-electron chi connectivity index (χ3n) is 8.51. The zero-order valence-electron chi connectivity index (χ0n) is 23.0. The molecular weight excluding hydrogens is 460 g/mol. The van der Waals surface area contributed by atoms with Gasteiger partial charge in [0.15, 0.2) is 0 Å². The van der Waals surface area contributed by atoms with Crippen molar-refractivity contribution in [3.05, 3.63) is 12.7 Å². The Morgan fingerprint density at radius 3 is 2.39 bits per heavy atom. The lowest BCUT2D eigenvalue weighted by Crippen LogP contribution is -2.61. The molecule has 2 N–H and O–H groups in total. The van der Waals surface area contributed by atoms with Crippen molar-refractivity contribution in [1.82, 2.24) is 9.80 Å². The van der Waals surface area contributed by atoms with Gasteiger partial charge in [-0.3, -0.25) is 14.4 Å². The van der Waals surface area contributed by atoms with Crippen LogP contribution in [0.15, 0.2) is 12.7 Å². The third-order valence-corrected chi connectivity index (χ3v) is 8.51. The van der Waals surface area contributed by atoms with E-state index in [2.05, 4.69) is 27.4 Å². The van der Waals surface area contributed by atoms with Gasteiger partial charge in [0, 0.05) is 25.2 Å². The molecule has 0 saturated carbocycles. The summed E-state index contributed by atoms with van der Waals surface area (Å²) in [6.07, 6.45) is 5.91. The minimum absolute atomic E-state index is 0.0392. The number of carbonyl (C=O) groups is 3. The van der Waals surface area contributed by atoms with Gasteiger partial charge < -0.3 is 24.7 Å². The van der Waals surface area contributed by atoms with E-state index in [1.807, 2.05) is 25.7 Å². The number of hydrogen-bond donors (Lipinski definition) is 2. The second kappa shape index (κ2) is 10.1. The van der Waals surface area contributed by atoms with Crippen LogP contribution in [0, 0.1) is 17.3 Å². The fourth-order valence-corrected chi connectivity index (χ4v) is 7.49. The van der Waals surface area contributed by atoms with E-state index in [1.54, 1.807) is 11.0 Å². The summed E-state index contributed by atoms with van der Waals surface area (Å²) in [7, 11) is 0. The van der Waals surface area contributed by atoms with Crippen molar-refractivity contribution in [2.45, 2.75) is 109 Å². The SMILES string of the molecule is C=CCN(C(=O)C1N(CCCCCO)C(=O)[C@@H]2[C@@H](C(=O)O)[C@@]3(CC)CCC12O3)C(C)(C)CC(C)(C)C. The average molecular weight is 507 g/mol. The summed E-state index contributed by atoms with van der Waals surface area (Å²) in [5.74, 6) is -3.34. The molecule has 0 aromatic carbocycles. The molecule has 0 aromatic heterocycles. The maximum absolute atomic E-state index is 14.5. The number of aliphatic hydroxyl groups is 1. The predicted octanol–water partition coefficient (Wildman–Crippen LogP) is 3.62. The number of hydrogen-bond acceptors (Lipinski definition) is 5. The Morgan fingerprint density at radius 2 is 1.86 bits per heavy atom. The van der Waals surface area contributed by atoms with Crippen LogP contribution < -0.4 is 0 Å². The molecule has 3 heterocycles. The molecule has 2 unspecified atom stereocenters. The van der Waals surface area contributed by atoms with Crippen molar-refractivity contribution in [2.24, 2.45) is 17.3 Å². The molecule has 8 heteroatoms. The summed E-state index contributed by atoms with van der Waals surface area (Å²) in [5, 5.41) is 19.4. The van der Waals surface area contributed by atoms with Crippen molar-refractivity contribution < 1.29 is 29.3 Å². The second-order valence-corrected chi connectivity index (χ2v) is 12.8. The van der Waals surface area contributed by atoms with Crippen molar-refractivity contribution in [3.8, 4) is 0 Å². The summed E-state index contributed by atoms with van der Waals surface area (Å²) in [6, 6.07) is -0.874.